The van der Waals surface area contributed by atoms with Crippen molar-refractivity contribution in [2.45, 2.75) is 228 Å². The molecule has 0 radical (unpaired) electrons. The van der Waals surface area contributed by atoms with Crippen LogP contribution in [0.25, 0.3) is 0 Å². The number of nitrogens with one attached hydrogen (secondary N) is 6. The molecule has 18 rings (SSSR count). The summed E-state index contributed by atoms with van der Waals surface area (Å²) in [7, 11) is 0. The van der Waals surface area contributed by atoms with Crippen LogP contribution in [0.5, 0.6) is 0 Å². The van der Waals surface area contributed by atoms with Gasteiger partial charge in [-0.2, -0.15) is 0 Å². The smallest absolute Gasteiger partial charge is 0.246 e. The summed E-state index contributed by atoms with van der Waals surface area (Å²) in [5.41, 5.74) is 8.94. The van der Waals surface area contributed by atoms with E-state index >= 15 is 0 Å². The Labute approximate surface area is 757 Å². The van der Waals surface area contributed by atoms with Crippen LogP contribution in [-0.4, -0.2) is 93.6 Å². The van der Waals surface area contributed by atoms with Gasteiger partial charge >= 0.3 is 0 Å². The molecule has 8 N–H and O–H groups in total. The number of aliphatic hydroxyl groups excluding tert-OH is 1. The van der Waals surface area contributed by atoms with Crippen LogP contribution < -0.4 is 31.9 Å². The molecule has 644 valence electrons. The second-order valence-electron chi connectivity index (χ2n) is 37.3. The van der Waals surface area contributed by atoms with E-state index in [-0.39, 0.29) is 124 Å². The number of aryl methyl sites for hydroxylation is 4. The van der Waals surface area contributed by atoms with E-state index in [0.717, 1.165) is 138 Å². The standard InChI is InChI=1S/C26H28Cl2N2O2.C25H26Cl2N2O2.C25H29Cl2NO2.C24H27Cl2NO2/c1-15-2-9-19(22(28)12-15)20-10-11-26(30-23(31)13-16-3-4-16)21(14-29-25(26)32)24(20)17-5-7-18(27)8-6-17;1-14-2-9-18(21(27)12-14)19-10-11-25(29-23(30)16-3-4-16)20(13-28-24(25)31)22(19)15-5-7-17(26)8-6-15;1-14-5-10-18(20(27)13-14)19-11-12-25(24(3,4)30)22(15(2)28-23(25)29)21(19)16-6-8-17(26)9-7-16;1-13-4-9-18(20(26)12-13)19-10-11-24(15(3)28)22(14(2)27-23(24)29)21(19)16-5-7-17(25)8-6-16/h2,5-9,12,16,20-21,24H,3-4,10-11,13-14H2,1H3,(H,29,32)(H,30,31);2,5-9,12,16,19-20,22H,3-4,10-11,13H2,1H3,(H,28,31)(H,29,30);5-10,13,15,19,21-22,30H,11-12H2,1-4H3,(H,28,29);4-9,12,14-15,19,21-22,28H,10-11H2,1-3H3,(H,27,29)/t20-,21-,24-,26-;19-,20-,22-,25-;15-,19+,21+,22+,25+;14-,15?,19+,21+,22+,24+/m0011/s1. The lowest BCUT2D eigenvalue weighted by molar-refractivity contribution is -0.153. The van der Waals surface area contributed by atoms with Crippen LogP contribution in [0.4, 0.5) is 0 Å². The lowest BCUT2D eigenvalue weighted by atomic mass is 9.50. The highest BCUT2D eigenvalue weighted by atomic mass is 35.5. The maximum Gasteiger partial charge on any atom is 0.246 e. The third kappa shape index (κ3) is 17.3. The zero-order valence-electron chi connectivity index (χ0n) is 70.5. The van der Waals surface area contributed by atoms with E-state index in [9.17, 15) is 39.0 Å². The lowest BCUT2D eigenvalue weighted by Gasteiger charge is -2.52. The number of carbonyl (C=O) groups excluding carboxylic acids is 6. The minimum absolute atomic E-state index is 0.00350. The summed E-state index contributed by atoms with van der Waals surface area (Å²) in [6.45, 7) is 18.6. The van der Waals surface area contributed by atoms with Gasteiger partial charge < -0.3 is 42.1 Å². The normalized spacial score (nSPS) is 30.7. The highest BCUT2D eigenvalue weighted by Crippen LogP contribution is 2.65. The van der Waals surface area contributed by atoms with Gasteiger partial charge in [-0.25, -0.2) is 0 Å². The third-order valence-corrected chi connectivity index (χ3v) is 31.8. The van der Waals surface area contributed by atoms with Crippen LogP contribution in [0.15, 0.2) is 170 Å². The fraction of sp³-hybridized carbons (Fsp3) is 0.460. The van der Waals surface area contributed by atoms with E-state index in [1.54, 1.807) is 20.8 Å². The Hall–Kier alpha value is -7.18. The van der Waals surface area contributed by atoms with Crippen LogP contribution in [0.1, 0.15) is 232 Å². The Bertz CT molecular complexity index is 5270. The molecule has 4 saturated heterocycles. The molecule has 1 unspecified atom stereocenters. The van der Waals surface area contributed by atoms with Gasteiger partial charge in [0.25, 0.3) is 0 Å². The summed E-state index contributed by atoms with van der Waals surface area (Å²) in [6, 6.07) is 56.4. The summed E-state index contributed by atoms with van der Waals surface area (Å²) < 4.78 is 0. The summed E-state index contributed by atoms with van der Waals surface area (Å²) in [5.74, 6) is 0.887. The van der Waals surface area contributed by atoms with Crippen molar-refractivity contribution in [2.24, 2.45) is 46.3 Å². The van der Waals surface area contributed by atoms with Gasteiger partial charge in [0.2, 0.25) is 35.4 Å². The molecule has 0 bridgehead atoms. The number of hydrogen-bond acceptors (Lipinski definition) is 8. The highest BCUT2D eigenvalue weighted by Gasteiger charge is 2.68. The Morgan fingerprint density at radius 3 is 1.13 bits per heavy atom. The predicted octanol–water partition coefficient (Wildman–Crippen LogP) is 21.7. The molecule has 0 spiro atoms. The minimum Gasteiger partial charge on any atom is -0.392 e. The van der Waals surface area contributed by atoms with Crippen molar-refractivity contribution in [1.82, 2.24) is 31.9 Å². The zero-order chi connectivity index (χ0) is 87.0. The zero-order valence-corrected chi connectivity index (χ0v) is 76.5. The molecular formula is C100H110Cl8N6O8. The fourth-order valence-electron chi connectivity index (χ4n) is 23.4. The Kier molecular flexibility index (Phi) is 26.4. The Balaban J connectivity index is 0.000000126. The van der Waals surface area contributed by atoms with Gasteiger partial charge in [-0.15, -0.1) is 0 Å². The van der Waals surface area contributed by atoms with E-state index in [2.05, 4.69) is 119 Å². The second kappa shape index (κ2) is 35.9. The first-order valence-corrected chi connectivity index (χ1v) is 46.4. The average molecular weight is 1810 g/mol. The van der Waals surface area contributed by atoms with E-state index in [1.165, 1.54) is 0 Å². The Morgan fingerprint density at radius 2 is 0.770 bits per heavy atom. The molecule has 6 saturated carbocycles. The van der Waals surface area contributed by atoms with Crippen molar-refractivity contribution in [3.05, 3.63) is 277 Å². The number of carbonyl (C=O) groups is 6. The molecule has 6 amide bonds. The van der Waals surface area contributed by atoms with Crippen molar-refractivity contribution in [3.8, 4) is 0 Å². The SMILES string of the molecule is Cc1ccc([C@@H]2CC[C@@]3(C(C)(C)O)C(=O)N[C@H](C)[C@H]3[C@H]2c2ccc(Cl)cc2)c(Cl)c1.Cc1ccc([C@@H]2CC[C@@]3(C(C)O)C(=O)N[C@H](C)[C@H]3[C@H]2c2ccc(Cl)cc2)c(Cl)c1.Cc1ccc([C@@H]2CC[C@@]3(NC(=O)C4CC4)C(=O)NC[C@H]3[C@H]2c2ccc(Cl)cc2)c(Cl)c1.Cc1ccc([C@@H]2CC[C@@]3(NC(=O)CC4CC4)C(=O)NC[C@H]3[C@H]2c2ccc(Cl)cc2)c(Cl)c1. The van der Waals surface area contributed by atoms with Gasteiger partial charge in [-0.05, 0) is 332 Å². The van der Waals surface area contributed by atoms with Gasteiger partial charge in [-0.3, -0.25) is 28.8 Å². The first kappa shape index (κ1) is 89.6. The summed E-state index contributed by atoms with van der Waals surface area (Å²) in [4.78, 5) is 78.2. The number of rotatable bonds is 15. The lowest BCUT2D eigenvalue weighted by Crippen LogP contribution is -2.61. The molecule has 10 aliphatic rings. The quantitative estimate of drug-likeness (QED) is 0.0493. The largest absolute Gasteiger partial charge is 0.392 e. The molecule has 122 heavy (non-hydrogen) atoms. The number of benzene rings is 8. The van der Waals surface area contributed by atoms with E-state index < -0.39 is 33.6 Å². The molecule has 10 fully saturated rings. The van der Waals surface area contributed by atoms with Crippen molar-refractivity contribution >= 4 is 128 Å². The van der Waals surface area contributed by atoms with Crippen LogP contribution in [0.3, 0.4) is 0 Å². The van der Waals surface area contributed by atoms with E-state index in [4.69, 9.17) is 92.8 Å². The molecule has 8 aromatic carbocycles. The number of halogens is 8. The number of amides is 6. The molecule has 22 heteroatoms. The molecule has 8 aromatic rings. The van der Waals surface area contributed by atoms with Crippen molar-refractivity contribution < 1.29 is 39.0 Å². The summed E-state index contributed by atoms with van der Waals surface area (Å²) >= 11 is 51.5. The van der Waals surface area contributed by atoms with Crippen LogP contribution in [-0.2, 0) is 28.8 Å². The molecule has 14 nitrogen and oxygen atoms in total. The monoisotopic (exact) mass is 1800 g/mol. The topological polar surface area (TPSA) is 215 Å². The molecule has 19 atom stereocenters. The highest BCUT2D eigenvalue weighted by molar-refractivity contribution is 6.33. The Morgan fingerprint density at radius 1 is 0.434 bits per heavy atom. The van der Waals surface area contributed by atoms with Gasteiger partial charge in [0.15, 0.2) is 0 Å². The average Bonchev–Trinajstić information content (AvgIpc) is 1.32. The van der Waals surface area contributed by atoms with Gasteiger partial charge in [0, 0.05) is 101 Å². The third-order valence-electron chi connectivity index (χ3n) is 29.5. The van der Waals surface area contributed by atoms with Crippen LogP contribution in [0, 0.1) is 74.0 Å². The maximum atomic E-state index is 13.3. The van der Waals surface area contributed by atoms with Crippen LogP contribution >= 0.6 is 92.8 Å². The van der Waals surface area contributed by atoms with Crippen LogP contribution in [0.2, 0.25) is 40.2 Å². The summed E-state index contributed by atoms with van der Waals surface area (Å²) in [5, 5.41) is 46.6. The van der Waals surface area contributed by atoms with E-state index in [1.807, 2.05) is 125 Å². The van der Waals surface area contributed by atoms with Gasteiger partial charge in [0.1, 0.15) is 11.1 Å². The van der Waals surface area contributed by atoms with E-state index in [0.29, 0.717) is 71.2 Å². The molecular weight excluding hydrogens is 1700 g/mol. The summed E-state index contributed by atoms with van der Waals surface area (Å²) in [6.07, 6.45) is 9.42. The first-order chi connectivity index (χ1) is 58.1. The minimum atomic E-state index is -1.14. The molecule has 4 heterocycles. The van der Waals surface area contributed by atoms with Gasteiger partial charge in [0.05, 0.1) is 22.5 Å². The van der Waals surface area contributed by atoms with Crippen molar-refractivity contribution in [2.75, 3.05) is 13.1 Å². The van der Waals surface area contributed by atoms with Gasteiger partial charge in [-0.1, -0.05) is 190 Å². The maximum absolute atomic E-state index is 13.3. The number of hydrogen-bond donors (Lipinski definition) is 8. The molecule has 0 aromatic heterocycles. The molecule has 4 aliphatic heterocycles. The predicted molar refractivity (Wildman–Crippen MR) is 489 cm³/mol. The van der Waals surface area contributed by atoms with Crippen molar-refractivity contribution in [1.29, 1.82) is 0 Å². The molecule has 6 aliphatic carbocycles. The van der Waals surface area contributed by atoms with Crippen molar-refractivity contribution in [3.63, 3.8) is 0 Å². The fourth-order valence-corrected chi connectivity index (χ4v) is 25.4. The first-order valence-electron chi connectivity index (χ1n) is 43.4. The second-order valence-corrected chi connectivity index (χ2v) is 40.7. The number of aliphatic hydroxyl groups is 2. The number of fused-ring (bicyclic) bond motifs is 4.